The Morgan fingerprint density at radius 2 is 2.00 bits per heavy atom. The number of para-hydroxylation sites is 1. The summed E-state index contributed by atoms with van der Waals surface area (Å²) in [6.07, 6.45) is 1.68. The first-order valence-corrected chi connectivity index (χ1v) is 7.05. The van der Waals surface area contributed by atoms with Crippen LogP contribution in [0.1, 0.15) is 34.0 Å². The summed E-state index contributed by atoms with van der Waals surface area (Å²) in [4.78, 5) is 12.4. The number of ketones is 1. The van der Waals surface area contributed by atoms with Gasteiger partial charge in [-0.3, -0.25) is 4.79 Å². The zero-order valence-corrected chi connectivity index (χ0v) is 12.0. The van der Waals surface area contributed by atoms with Crippen molar-refractivity contribution in [3.8, 4) is 17.2 Å². The van der Waals surface area contributed by atoms with Crippen molar-refractivity contribution >= 4 is 5.78 Å². The lowest BCUT2D eigenvalue weighted by Gasteiger charge is -2.27. The van der Waals surface area contributed by atoms with Crippen molar-refractivity contribution in [1.82, 2.24) is 0 Å². The molecule has 0 saturated carbocycles. The number of rotatable bonds is 3. The van der Waals surface area contributed by atoms with E-state index >= 15 is 0 Å². The topological polar surface area (TPSA) is 66.8 Å². The molecule has 4 nitrogen and oxygen atoms in total. The molecule has 3 rings (SSSR count). The van der Waals surface area contributed by atoms with Gasteiger partial charge in [0, 0.05) is 5.56 Å². The van der Waals surface area contributed by atoms with Crippen LogP contribution in [-0.2, 0) is 6.42 Å². The first kappa shape index (κ1) is 14.2. The maximum atomic E-state index is 12.4. The fourth-order valence-electron chi connectivity index (χ4n) is 2.70. The lowest BCUT2D eigenvalue weighted by Crippen LogP contribution is -2.21. The molecule has 0 saturated heterocycles. The molecule has 1 aliphatic rings. The third-order valence-corrected chi connectivity index (χ3v) is 3.79. The molecule has 1 unspecified atom stereocenters. The number of benzene rings is 2. The number of phenols is 2. The van der Waals surface area contributed by atoms with Gasteiger partial charge in [-0.05, 0) is 24.1 Å². The number of Topliss-reactive ketones (excluding diaryl/α,β-unsaturated/α-hetero) is 1. The molecule has 1 aliphatic heterocycles. The van der Waals surface area contributed by atoms with E-state index in [-0.39, 0.29) is 29.3 Å². The molecule has 4 heteroatoms. The third-order valence-electron chi connectivity index (χ3n) is 3.79. The molecule has 0 bridgehead atoms. The fourth-order valence-corrected chi connectivity index (χ4v) is 2.70. The normalized spacial score (nSPS) is 16.7. The van der Waals surface area contributed by atoms with Crippen molar-refractivity contribution in [2.75, 3.05) is 0 Å². The molecule has 1 heterocycles. The van der Waals surface area contributed by atoms with Gasteiger partial charge in [0.2, 0.25) is 0 Å². The highest BCUT2D eigenvalue weighted by Gasteiger charge is 2.32. The zero-order valence-electron chi connectivity index (χ0n) is 12.0. The highest BCUT2D eigenvalue weighted by Crippen LogP contribution is 2.42. The second kappa shape index (κ2) is 5.56. The van der Waals surface area contributed by atoms with E-state index < -0.39 is 6.10 Å². The van der Waals surface area contributed by atoms with Gasteiger partial charge in [-0.2, -0.15) is 0 Å². The van der Waals surface area contributed by atoms with E-state index in [4.69, 9.17) is 4.74 Å². The lowest BCUT2D eigenvalue weighted by molar-refractivity contribution is 0.0842. The number of aromatic hydroxyl groups is 2. The third kappa shape index (κ3) is 2.33. The van der Waals surface area contributed by atoms with Gasteiger partial charge in [-0.25, -0.2) is 0 Å². The summed E-state index contributed by atoms with van der Waals surface area (Å²) >= 11 is 0. The summed E-state index contributed by atoms with van der Waals surface area (Å²) in [5.74, 6) is 0.196. The van der Waals surface area contributed by atoms with E-state index in [1.807, 2.05) is 0 Å². The maximum absolute atomic E-state index is 12.4. The van der Waals surface area contributed by atoms with Crippen molar-refractivity contribution in [3.05, 3.63) is 65.7 Å². The summed E-state index contributed by atoms with van der Waals surface area (Å²) in [5.41, 5.74) is 1.42. The van der Waals surface area contributed by atoms with Crippen molar-refractivity contribution in [3.63, 3.8) is 0 Å². The van der Waals surface area contributed by atoms with Gasteiger partial charge in [-0.15, -0.1) is 6.58 Å². The minimum absolute atomic E-state index is 0.0434. The minimum Gasteiger partial charge on any atom is -0.508 e. The molecule has 2 aromatic rings. The molecule has 112 valence electrons. The first-order chi connectivity index (χ1) is 10.6. The predicted octanol–water partition coefficient (Wildman–Crippen LogP) is 3.53. The van der Waals surface area contributed by atoms with Crippen molar-refractivity contribution in [1.29, 1.82) is 0 Å². The quantitative estimate of drug-likeness (QED) is 0.850. The Balaban J connectivity index is 2.01. The van der Waals surface area contributed by atoms with Crippen LogP contribution >= 0.6 is 0 Å². The molecule has 2 aromatic carbocycles. The summed E-state index contributed by atoms with van der Waals surface area (Å²) in [6, 6.07) is 10.2. The zero-order chi connectivity index (χ0) is 15.7. The Morgan fingerprint density at radius 3 is 2.73 bits per heavy atom. The SMILES string of the molecule is C=CCc1ccc2c(c1O)C(=O)CC(c1ccccc1O)O2. The van der Waals surface area contributed by atoms with E-state index in [0.717, 1.165) is 0 Å². The monoisotopic (exact) mass is 296 g/mol. The van der Waals surface area contributed by atoms with Crippen molar-refractivity contribution in [2.45, 2.75) is 18.9 Å². The van der Waals surface area contributed by atoms with Crippen LogP contribution in [0.2, 0.25) is 0 Å². The van der Waals surface area contributed by atoms with Crippen LogP contribution in [0.5, 0.6) is 17.2 Å². The Kier molecular flexibility index (Phi) is 3.59. The van der Waals surface area contributed by atoms with Gasteiger partial charge in [0.05, 0.1) is 6.42 Å². The largest absolute Gasteiger partial charge is 0.508 e. The van der Waals surface area contributed by atoms with Gasteiger partial charge in [0.15, 0.2) is 5.78 Å². The van der Waals surface area contributed by atoms with Crippen LogP contribution in [0.3, 0.4) is 0 Å². The Labute approximate surface area is 128 Å². The molecular formula is C18H16O4. The molecule has 0 spiro atoms. The molecule has 22 heavy (non-hydrogen) atoms. The van der Waals surface area contributed by atoms with Crippen LogP contribution < -0.4 is 4.74 Å². The van der Waals surface area contributed by atoms with Gasteiger partial charge >= 0.3 is 0 Å². The number of phenolic OH excluding ortho intramolecular Hbond substituents is 2. The van der Waals surface area contributed by atoms with Crippen LogP contribution in [0.4, 0.5) is 0 Å². The maximum Gasteiger partial charge on any atom is 0.174 e. The van der Waals surface area contributed by atoms with Crippen molar-refractivity contribution in [2.24, 2.45) is 0 Å². The average molecular weight is 296 g/mol. The number of fused-ring (bicyclic) bond motifs is 1. The standard InChI is InChI=1S/C18H16O4/c1-2-5-11-8-9-15-17(18(11)21)14(20)10-16(22-15)12-6-3-4-7-13(12)19/h2-4,6-9,16,19,21H,1,5,10H2. The lowest BCUT2D eigenvalue weighted by atomic mass is 9.93. The number of hydrogen-bond acceptors (Lipinski definition) is 4. The molecule has 0 fully saturated rings. The average Bonchev–Trinajstić information content (AvgIpc) is 2.50. The molecular weight excluding hydrogens is 280 g/mol. The number of allylic oxidation sites excluding steroid dienone is 1. The van der Waals surface area contributed by atoms with E-state index in [0.29, 0.717) is 23.3 Å². The van der Waals surface area contributed by atoms with Crippen LogP contribution in [0.15, 0.2) is 49.1 Å². The number of ether oxygens (including phenoxy) is 1. The first-order valence-electron chi connectivity index (χ1n) is 7.05. The Hall–Kier alpha value is -2.75. The minimum atomic E-state index is -0.550. The van der Waals surface area contributed by atoms with E-state index in [2.05, 4.69) is 6.58 Å². The number of hydrogen-bond donors (Lipinski definition) is 2. The summed E-state index contributed by atoms with van der Waals surface area (Å²) < 4.78 is 5.82. The second-order valence-corrected chi connectivity index (χ2v) is 5.23. The van der Waals surface area contributed by atoms with Gasteiger partial charge in [0.25, 0.3) is 0 Å². The van der Waals surface area contributed by atoms with E-state index in [1.165, 1.54) is 0 Å². The number of carbonyl (C=O) groups excluding carboxylic acids is 1. The molecule has 0 aromatic heterocycles. The van der Waals surface area contributed by atoms with E-state index in [9.17, 15) is 15.0 Å². The molecule has 1 atom stereocenters. The van der Waals surface area contributed by atoms with Crippen LogP contribution in [0, 0.1) is 0 Å². The molecule has 0 radical (unpaired) electrons. The van der Waals surface area contributed by atoms with Crippen LogP contribution in [0.25, 0.3) is 0 Å². The highest BCUT2D eigenvalue weighted by atomic mass is 16.5. The smallest absolute Gasteiger partial charge is 0.174 e. The molecule has 0 aliphatic carbocycles. The van der Waals surface area contributed by atoms with Crippen molar-refractivity contribution < 1.29 is 19.7 Å². The number of carbonyl (C=O) groups is 1. The summed E-state index contributed by atoms with van der Waals surface area (Å²) in [5, 5.41) is 20.2. The fraction of sp³-hybridized carbons (Fsp3) is 0.167. The van der Waals surface area contributed by atoms with E-state index in [1.54, 1.807) is 42.5 Å². The Bertz CT molecular complexity index is 749. The summed E-state index contributed by atoms with van der Waals surface area (Å²) in [6.45, 7) is 3.63. The van der Waals surface area contributed by atoms with Crippen LogP contribution in [-0.4, -0.2) is 16.0 Å². The van der Waals surface area contributed by atoms with Gasteiger partial charge < -0.3 is 14.9 Å². The Morgan fingerprint density at radius 1 is 1.23 bits per heavy atom. The van der Waals surface area contributed by atoms with Gasteiger partial charge in [-0.1, -0.05) is 30.3 Å². The molecule has 0 amide bonds. The highest BCUT2D eigenvalue weighted by molar-refractivity contribution is 6.02. The van der Waals surface area contributed by atoms with Gasteiger partial charge in [0.1, 0.15) is 28.9 Å². The molecule has 2 N–H and O–H groups in total. The summed E-state index contributed by atoms with van der Waals surface area (Å²) in [7, 11) is 0. The second-order valence-electron chi connectivity index (χ2n) is 5.23. The predicted molar refractivity (Wildman–Crippen MR) is 82.4 cm³/mol.